The summed E-state index contributed by atoms with van der Waals surface area (Å²) in [5.74, 6) is 0.239. The Balaban J connectivity index is 1.50. The molecule has 0 bridgehead atoms. The maximum absolute atomic E-state index is 14.6. The van der Waals surface area contributed by atoms with Gasteiger partial charge >= 0.3 is 5.69 Å². The standard InChI is InChI=1S/C27H31FN6O2/c1-18-9-10-19(2)21(15-18)16-32-11-13-33(14-12-32)26-29-24-23(25(35)31(4)27(36)30(24)3)34(26)17-20-7-5-6-8-22(20)28/h5-10,15H,11-14,16-17H2,1-4H3. The third-order valence-electron chi connectivity index (χ3n) is 7.17. The Labute approximate surface area is 208 Å². The number of rotatable bonds is 5. The van der Waals surface area contributed by atoms with Crippen molar-refractivity contribution in [2.75, 3.05) is 31.1 Å². The van der Waals surface area contributed by atoms with Gasteiger partial charge in [-0.2, -0.15) is 4.98 Å². The second kappa shape index (κ2) is 9.39. The van der Waals surface area contributed by atoms with Crippen molar-refractivity contribution in [1.82, 2.24) is 23.6 Å². The van der Waals surface area contributed by atoms with Gasteiger partial charge in [0, 0.05) is 52.4 Å². The summed E-state index contributed by atoms with van der Waals surface area (Å²) in [6.07, 6.45) is 0. The highest BCUT2D eigenvalue weighted by atomic mass is 19.1. The van der Waals surface area contributed by atoms with Gasteiger partial charge in [-0.1, -0.05) is 42.0 Å². The normalized spacial score (nSPS) is 14.6. The molecule has 3 heterocycles. The van der Waals surface area contributed by atoms with Crippen LogP contribution in [0.1, 0.15) is 22.3 Å². The lowest BCUT2D eigenvalue weighted by molar-refractivity contribution is 0.247. The number of hydrogen-bond acceptors (Lipinski definition) is 5. The molecular formula is C27H31FN6O2. The summed E-state index contributed by atoms with van der Waals surface area (Å²) in [6, 6.07) is 13.1. The van der Waals surface area contributed by atoms with E-state index in [0.717, 1.165) is 24.2 Å². The molecule has 2 aromatic carbocycles. The van der Waals surface area contributed by atoms with Crippen LogP contribution in [0.4, 0.5) is 10.3 Å². The van der Waals surface area contributed by atoms with Crippen molar-refractivity contribution in [2.45, 2.75) is 26.9 Å². The Morgan fingerprint density at radius 2 is 1.61 bits per heavy atom. The molecule has 9 heteroatoms. The van der Waals surface area contributed by atoms with Gasteiger partial charge in [0.1, 0.15) is 5.82 Å². The van der Waals surface area contributed by atoms with Gasteiger partial charge in [0.2, 0.25) is 5.95 Å². The maximum Gasteiger partial charge on any atom is 0.332 e. The number of anilines is 1. The minimum Gasteiger partial charge on any atom is -0.340 e. The van der Waals surface area contributed by atoms with E-state index >= 15 is 0 Å². The first-order valence-corrected chi connectivity index (χ1v) is 12.2. The summed E-state index contributed by atoms with van der Waals surface area (Å²) in [5.41, 5.74) is 4.07. The highest BCUT2D eigenvalue weighted by molar-refractivity contribution is 5.75. The van der Waals surface area contributed by atoms with E-state index in [0.29, 0.717) is 35.8 Å². The van der Waals surface area contributed by atoms with E-state index in [-0.39, 0.29) is 12.4 Å². The van der Waals surface area contributed by atoms with Crippen LogP contribution in [0.25, 0.3) is 11.2 Å². The van der Waals surface area contributed by atoms with Crippen LogP contribution < -0.4 is 16.1 Å². The fraction of sp³-hybridized carbons (Fsp3) is 0.370. The largest absolute Gasteiger partial charge is 0.340 e. The molecule has 1 aliphatic rings. The summed E-state index contributed by atoms with van der Waals surface area (Å²) < 4.78 is 18.8. The van der Waals surface area contributed by atoms with Gasteiger partial charge in [0.05, 0.1) is 6.54 Å². The quantitative estimate of drug-likeness (QED) is 0.430. The van der Waals surface area contributed by atoms with E-state index < -0.39 is 11.2 Å². The average Bonchev–Trinajstić information content (AvgIpc) is 3.25. The van der Waals surface area contributed by atoms with Crippen LogP contribution in [-0.4, -0.2) is 49.8 Å². The van der Waals surface area contributed by atoms with Crippen molar-refractivity contribution >= 4 is 17.1 Å². The first-order valence-electron chi connectivity index (χ1n) is 12.2. The number of halogens is 1. The van der Waals surface area contributed by atoms with Crippen molar-refractivity contribution < 1.29 is 4.39 Å². The number of aromatic nitrogens is 4. The van der Waals surface area contributed by atoms with E-state index in [1.807, 2.05) is 0 Å². The zero-order valence-electron chi connectivity index (χ0n) is 21.2. The van der Waals surface area contributed by atoms with Crippen LogP contribution in [0.15, 0.2) is 52.1 Å². The molecule has 5 rings (SSSR count). The summed E-state index contributed by atoms with van der Waals surface area (Å²) in [4.78, 5) is 35.1. The van der Waals surface area contributed by atoms with Gasteiger partial charge in [-0.25, -0.2) is 9.18 Å². The van der Waals surface area contributed by atoms with Crippen LogP contribution >= 0.6 is 0 Å². The molecule has 0 aliphatic carbocycles. The van der Waals surface area contributed by atoms with E-state index in [4.69, 9.17) is 4.98 Å². The number of benzene rings is 2. The van der Waals surface area contributed by atoms with Crippen LogP contribution in [-0.2, 0) is 27.2 Å². The van der Waals surface area contributed by atoms with Crippen LogP contribution in [0.2, 0.25) is 0 Å². The molecule has 8 nitrogen and oxygen atoms in total. The van der Waals surface area contributed by atoms with E-state index in [2.05, 4.69) is 41.8 Å². The van der Waals surface area contributed by atoms with Crippen molar-refractivity contribution in [3.63, 3.8) is 0 Å². The van der Waals surface area contributed by atoms with Gasteiger partial charge < -0.3 is 4.90 Å². The molecule has 0 N–H and O–H groups in total. The second-order valence-electron chi connectivity index (χ2n) is 9.66. The molecule has 36 heavy (non-hydrogen) atoms. The summed E-state index contributed by atoms with van der Waals surface area (Å²) >= 11 is 0. The van der Waals surface area contributed by atoms with Crippen molar-refractivity contribution in [3.05, 3.63) is 91.4 Å². The zero-order valence-corrected chi connectivity index (χ0v) is 21.2. The third kappa shape index (κ3) is 4.24. The lowest BCUT2D eigenvalue weighted by Crippen LogP contribution is -2.47. The predicted octanol–water partition coefficient (Wildman–Crippen LogP) is 2.56. The molecule has 1 saturated heterocycles. The number of imidazole rings is 1. The topological polar surface area (TPSA) is 68.3 Å². The van der Waals surface area contributed by atoms with Crippen LogP contribution in [0.3, 0.4) is 0 Å². The van der Waals surface area contributed by atoms with Gasteiger partial charge in [-0.15, -0.1) is 0 Å². The van der Waals surface area contributed by atoms with Gasteiger partial charge in [0.15, 0.2) is 11.2 Å². The van der Waals surface area contributed by atoms with E-state index in [9.17, 15) is 14.0 Å². The van der Waals surface area contributed by atoms with Gasteiger partial charge in [0.25, 0.3) is 5.56 Å². The fourth-order valence-corrected chi connectivity index (χ4v) is 4.94. The molecule has 0 spiro atoms. The fourth-order valence-electron chi connectivity index (χ4n) is 4.94. The molecule has 188 valence electrons. The SMILES string of the molecule is Cc1ccc(C)c(CN2CCN(c3nc4c(c(=O)n(C)c(=O)n4C)n3Cc3ccccc3F)CC2)c1. The Kier molecular flexibility index (Phi) is 6.26. The Morgan fingerprint density at radius 3 is 2.33 bits per heavy atom. The molecule has 0 unspecified atom stereocenters. The Bertz CT molecular complexity index is 1560. The summed E-state index contributed by atoms with van der Waals surface area (Å²) in [5, 5.41) is 0. The van der Waals surface area contributed by atoms with Crippen molar-refractivity contribution in [1.29, 1.82) is 0 Å². The zero-order chi connectivity index (χ0) is 25.6. The molecule has 4 aromatic rings. The highest BCUT2D eigenvalue weighted by Crippen LogP contribution is 2.24. The number of aryl methyl sites for hydroxylation is 3. The highest BCUT2D eigenvalue weighted by Gasteiger charge is 2.26. The van der Waals surface area contributed by atoms with Crippen LogP contribution in [0.5, 0.6) is 0 Å². The van der Waals surface area contributed by atoms with Crippen molar-refractivity contribution in [3.8, 4) is 0 Å². The molecule has 1 fully saturated rings. The summed E-state index contributed by atoms with van der Waals surface area (Å²) in [6.45, 7) is 8.34. The van der Waals surface area contributed by atoms with Gasteiger partial charge in [-0.05, 0) is 31.0 Å². The number of piperazine rings is 1. The Hall–Kier alpha value is -3.72. The average molecular weight is 491 g/mol. The molecule has 2 aromatic heterocycles. The summed E-state index contributed by atoms with van der Waals surface area (Å²) in [7, 11) is 3.06. The van der Waals surface area contributed by atoms with E-state index in [1.54, 1.807) is 29.8 Å². The third-order valence-corrected chi connectivity index (χ3v) is 7.17. The second-order valence-corrected chi connectivity index (χ2v) is 9.66. The smallest absolute Gasteiger partial charge is 0.332 e. The molecule has 0 amide bonds. The number of nitrogens with zero attached hydrogens (tertiary/aromatic N) is 6. The lowest BCUT2D eigenvalue weighted by atomic mass is 10.0. The molecule has 0 atom stereocenters. The predicted molar refractivity (Wildman–Crippen MR) is 139 cm³/mol. The van der Waals surface area contributed by atoms with Crippen molar-refractivity contribution in [2.24, 2.45) is 14.1 Å². The maximum atomic E-state index is 14.6. The van der Waals surface area contributed by atoms with E-state index in [1.165, 1.54) is 34.4 Å². The van der Waals surface area contributed by atoms with Crippen LogP contribution in [0, 0.1) is 19.7 Å². The van der Waals surface area contributed by atoms with Gasteiger partial charge in [-0.3, -0.25) is 23.4 Å². The molecule has 0 radical (unpaired) electrons. The molecular weight excluding hydrogens is 459 g/mol. The first-order chi connectivity index (χ1) is 17.2. The minimum atomic E-state index is -0.437. The Morgan fingerprint density at radius 1 is 0.889 bits per heavy atom. The monoisotopic (exact) mass is 490 g/mol. The number of fused-ring (bicyclic) bond motifs is 1. The first kappa shape index (κ1) is 24.0. The minimum absolute atomic E-state index is 0.147. The lowest BCUT2D eigenvalue weighted by Gasteiger charge is -2.35. The number of hydrogen-bond donors (Lipinski definition) is 0. The molecule has 1 aliphatic heterocycles. The molecule has 0 saturated carbocycles.